The van der Waals surface area contributed by atoms with Crippen molar-refractivity contribution in [1.29, 1.82) is 0 Å². The van der Waals surface area contributed by atoms with Crippen molar-refractivity contribution >= 4 is 27.3 Å². The van der Waals surface area contributed by atoms with Crippen molar-refractivity contribution in [3.05, 3.63) is 64.2 Å². The fourth-order valence-corrected chi connectivity index (χ4v) is 4.63. The molecule has 0 heterocycles. The number of sulfone groups is 1. The zero-order valence-electron chi connectivity index (χ0n) is 19.3. The standard InChI is InChI=1S/C23H25F5N2O4S/c1-12-6-5-7-16(18(12)22(32)29-14(3)11-35(4,33)34)21(31)30-17-9-8-15(10-13(17)2)19(20(24)25)23(26,27)28/h5-10,14,19-20H,11H2,1-4H3,(H,29,32)(H,30,31). The van der Waals surface area contributed by atoms with Gasteiger partial charge in [-0.3, -0.25) is 9.59 Å². The van der Waals surface area contributed by atoms with E-state index in [0.717, 1.165) is 24.5 Å². The number of hydrogen-bond acceptors (Lipinski definition) is 4. The van der Waals surface area contributed by atoms with Crippen molar-refractivity contribution in [3.8, 4) is 0 Å². The van der Waals surface area contributed by atoms with Crippen molar-refractivity contribution in [3.63, 3.8) is 0 Å². The van der Waals surface area contributed by atoms with E-state index in [4.69, 9.17) is 0 Å². The molecule has 0 saturated heterocycles. The molecule has 0 aromatic heterocycles. The molecule has 0 bridgehead atoms. The predicted octanol–water partition coefficient (Wildman–Crippen LogP) is 4.63. The van der Waals surface area contributed by atoms with Gasteiger partial charge >= 0.3 is 6.18 Å². The van der Waals surface area contributed by atoms with E-state index in [9.17, 15) is 40.0 Å². The normalized spacial score (nSPS) is 13.9. The second-order valence-electron chi connectivity index (χ2n) is 8.35. The SMILES string of the molecule is Cc1cc(C(C(F)F)C(F)(F)F)ccc1NC(=O)c1cccc(C)c1C(=O)NC(C)CS(C)(=O)=O. The van der Waals surface area contributed by atoms with Crippen molar-refractivity contribution in [2.24, 2.45) is 0 Å². The fraction of sp³-hybridized carbons (Fsp3) is 0.391. The van der Waals surface area contributed by atoms with Crippen LogP contribution in [0.5, 0.6) is 0 Å². The molecule has 12 heteroatoms. The maximum absolute atomic E-state index is 13.0. The van der Waals surface area contributed by atoms with Crippen LogP contribution in [0.1, 0.15) is 50.2 Å². The topological polar surface area (TPSA) is 92.3 Å². The molecule has 0 aliphatic rings. The Balaban J connectivity index is 2.33. The van der Waals surface area contributed by atoms with Crippen LogP contribution in [0.15, 0.2) is 36.4 Å². The smallest absolute Gasteiger partial charge is 0.349 e. The quantitative estimate of drug-likeness (QED) is 0.497. The molecule has 2 aromatic rings. The maximum atomic E-state index is 13.0. The third kappa shape index (κ3) is 7.48. The van der Waals surface area contributed by atoms with E-state index in [2.05, 4.69) is 10.6 Å². The lowest BCUT2D eigenvalue weighted by Gasteiger charge is -2.21. The number of aryl methyl sites for hydroxylation is 2. The van der Waals surface area contributed by atoms with Gasteiger partial charge in [0.05, 0.1) is 16.9 Å². The van der Waals surface area contributed by atoms with Gasteiger partial charge in [-0.1, -0.05) is 24.3 Å². The maximum Gasteiger partial charge on any atom is 0.401 e. The van der Waals surface area contributed by atoms with Gasteiger partial charge in [-0.2, -0.15) is 13.2 Å². The van der Waals surface area contributed by atoms with Crippen LogP contribution in [0.25, 0.3) is 0 Å². The molecule has 2 unspecified atom stereocenters. The molecule has 0 spiro atoms. The summed E-state index contributed by atoms with van der Waals surface area (Å²) >= 11 is 0. The van der Waals surface area contributed by atoms with E-state index in [1.54, 1.807) is 13.0 Å². The van der Waals surface area contributed by atoms with Gasteiger partial charge < -0.3 is 10.6 Å². The van der Waals surface area contributed by atoms with Crippen LogP contribution in [0.2, 0.25) is 0 Å². The van der Waals surface area contributed by atoms with Gasteiger partial charge in [0.2, 0.25) is 0 Å². The van der Waals surface area contributed by atoms with E-state index < -0.39 is 51.8 Å². The molecule has 2 N–H and O–H groups in total. The van der Waals surface area contributed by atoms with Crippen LogP contribution < -0.4 is 10.6 Å². The summed E-state index contributed by atoms with van der Waals surface area (Å²) in [6.07, 6.45) is -7.79. The molecular weight excluding hydrogens is 495 g/mol. The molecule has 0 saturated carbocycles. The summed E-state index contributed by atoms with van der Waals surface area (Å²) in [7, 11) is -3.37. The largest absolute Gasteiger partial charge is 0.401 e. The van der Waals surface area contributed by atoms with E-state index in [-0.39, 0.29) is 28.1 Å². The second-order valence-corrected chi connectivity index (χ2v) is 10.5. The minimum Gasteiger partial charge on any atom is -0.349 e. The van der Waals surface area contributed by atoms with Crippen LogP contribution >= 0.6 is 0 Å². The molecule has 0 aliphatic carbocycles. The number of anilines is 1. The number of hydrogen-bond donors (Lipinski definition) is 2. The van der Waals surface area contributed by atoms with Gasteiger partial charge in [0.1, 0.15) is 15.8 Å². The Hall–Kier alpha value is -3.02. The van der Waals surface area contributed by atoms with Crippen molar-refractivity contribution in [2.45, 2.75) is 45.3 Å². The van der Waals surface area contributed by atoms with E-state index in [1.165, 1.54) is 26.0 Å². The number of benzene rings is 2. The summed E-state index contributed by atoms with van der Waals surface area (Å²) in [6, 6.07) is 6.60. The average Bonchev–Trinajstić information content (AvgIpc) is 2.66. The van der Waals surface area contributed by atoms with Crippen LogP contribution in [0, 0.1) is 13.8 Å². The number of carbonyl (C=O) groups is 2. The highest BCUT2D eigenvalue weighted by Crippen LogP contribution is 2.40. The number of rotatable bonds is 8. The van der Waals surface area contributed by atoms with Crippen molar-refractivity contribution in [1.82, 2.24) is 5.32 Å². The van der Waals surface area contributed by atoms with E-state index in [1.807, 2.05) is 0 Å². The third-order valence-corrected chi connectivity index (χ3v) is 6.24. The zero-order valence-corrected chi connectivity index (χ0v) is 20.2. The number of halogens is 5. The highest BCUT2D eigenvalue weighted by atomic mass is 32.2. The van der Waals surface area contributed by atoms with Crippen LogP contribution in [0.4, 0.5) is 27.6 Å². The first-order chi connectivity index (χ1) is 16.0. The molecule has 6 nitrogen and oxygen atoms in total. The fourth-order valence-electron chi connectivity index (χ4n) is 3.64. The van der Waals surface area contributed by atoms with E-state index >= 15 is 0 Å². The van der Waals surface area contributed by atoms with Crippen molar-refractivity contribution in [2.75, 3.05) is 17.3 Å². The first-order valence-electron chi connectivity index (χ1n) is 10.4. The van der Waals surface area contributed by atoms with Gasteiger partial charge in [0.15, 0.2) is 0 Å². The van der Waals surface area contributed by atoms with Crippen LogP contribution in [0.3, 0.4) is 0 Å². The number of alkyl halides is 5. The molecule has 2 aromatic carbocycles. The Labute approximate surface area is 199 Å². The molecule has 0 fully saturated rings. The van der Waals surface area contributed by atoms with Gasteiger partial charge in [0.25, 0.3) is 18.2 Å². The minimum atomic E-state index is -5.15. The van der Waals surface area contributed by atoms with Crippen LogP contribution in [-0.4, -0.2) is 50.9 Å². The Morgan fingerprint density at radius 1 is 1.00 bits per heavy atom. The molecule has 0 aliphatic heterocycles. The lowest BCUT2D eigenvalue weighted by atomic mass is 9.96. The summed E-state index contributed by atoms with van der Waals surface area (Å²) in [5, 5.41) is 5.02. The average molecular weight is 521 g/mol. The summed E-state index contributed by atoms with van der Waals surface area (Å²) in [5.41, 5.74) is -0.0802. The Bertz CT molecular complexity index is 1210. The molecule has 2 amide bonds. The Morgan fingerprint density at radius 3 is 2.14 bits per heavy atom. The second kappa shape index (κ2) is 10.7. The highest BCUT2D eigenvalue weighted by molar-refractivity contribution is 7.90. The lowest BCUT2D eigenvalue weighted by molar-refractivity contribution is -0.178. The third-order valence-electron chi connectivity index (χ3n) is 5.14. The van der Waals surface area contributed by atoms with Gasteiger partial charge in [-0.15, -0.1) is 0 Å². The molecule has 2 rings (SSSR count). The summed E-state index contributed by atoms with van der Waals surface area (Å²) in [4.78, 5) is 25.8. The van der Waals surface area contributed by atoms with Gasteiger partial charge in [-0.05, 0) is 49.6 Å². The first kappa shape index (κ1) is 28.2. The first-order valence-corrected chi connectivity index (χ1v) is 12.4. The van der Waals surface area contributed by atoms with Crippen molar-refractivity contribution < 1.29 is 40.0 Å². The zero-order chi connectivity index (χ0) is 26.7. The Kier molecular flexibility index (Phi) is 8.64. The number of amides is 2. The predicted molar refractivity (Wildman–Crippen MR) is 122 cm³/mol. The lowest BCUT2D eigenvalue weighted by Crippen LogP contribution is -2.38. The van der Waals surface area contributed by atoms with Gasteiger partial charge in [0, 0.05) is 18.0 Å². The molecule has 2 atom stereocenters. The number of nitrogens with one attached hydrogen (secondary N) is 2. The van der Waals surface area contributed by atoms with Crippen LogP contribution in [-0.2, 0) is 9.84 Å². The molecule has 35 heavy (non-hydrogen) atoms. The number of carbonyl (C=O) groups excluding carboxylic acids is 2. The molecule has 0 radical (unpaired) electrons. The van der Waals surface area contributed by atoms with Gasteiger partial charge in [-0.25, -0.2) is 17.2 Å². The molecular formula is C23H25F5N2O4S. The summed E-state index contributed by atoms with van der Waals surface area (Å²) in [5.74, 6) is -4.71. The molecule has 192 valence electrons. The Morgan fingerprint density at radius 2 is 1.63 bits per heavy atom. The monoisotopic (exact) mass is 520 g/mol. The summed E-state index contributed by atoms with van der Waals surface area (Å²) < 4.78 is 88.1. The van der Waals surface area contributed by atoms with E-state index in [0.29, 0.717) is 5.56 Å². The highest BCUT2D eigenvalue weighted by Gasteiger charge is 2.47. The summed E-state index contributed by atoms with van der Waals surface area (Å²) in [6.45, 7) is 4.43. The minimum absolute atomic E-state index is 0.00513.